The third kappa shape index (κ3) is 3.16. The van der Waals surface area contributed by atoms with Crippen molar-refractivity contribution in [3.63, 3.8) is 0 Å². The Kier molecular flexibility index (Phi) is 5.91. The molecule has 0 saturated carbocycles. The minimum Gasteiger partial charge on any atom is -0.314 e. The van der Waals surface area contributed by atoms with Crippen molar-refractivity contribution in [2.75, 3.05) is 32.9 Å². The predicted molar refractivity (Wildman–Crippen MR) is 66.8 cm³/mol. The van der Waals surface area contributed by atoms with Crippen LogP contribution in [0.25, 0.3) is 0 Å². The Labute approximate surface area is 111 Å². The fraction of sp³-hybridized carbons (Fsp3) is 0.500. The summed E-state index contributed by atoms with van der Waals surface area (Å²) in [5.41, 5.74) is -0.156. The lowest BCUT2D eigenvalue weighted by molar-refractivity contribution is 0.141. The number of rotatable bonds is 3. The summed E-state index contributed by atoms with van der Waals surface area (Å²) in [5.74, 6) is -1.35. The Morgan fingerprint density at radius 2 is 1.72 bits per heavy atom. The molecule has 0 spiro atoms. The molecule has 1 atom stereocenters. The first-order valence-electron chi connectivity index (χ1n) is 5.68. The summed E-state index contributed by atoms with van der Waals surface area (Å²) in [6, 6.07) is 2.81. The molecule has 0 radical (unpaired) electrons. The monoisotopic (exact) mass is 280 g/mol. The number of benzene rings is 1. The number of hydrogen-bond donors (Lipinski definition) is 1. The maximum atomic E-state index is 13.6. The Morgan fingerprint density at radius 3 is 2.22 bits per heavy atom. The Balaban J connectivity index is 0.00000162. The lowest BCUT2D eigenvalue weighted by Crippen LogP contribution is -2.46. The first kappa shape index (κ1) is 15.3. The van der Waals surface area contributed by atoms with Gasteiger partial charge >= 0.3 is 0 Å². The fourth-order valence-electron chi connectivity index (χ4n) is 2.18. The van der Waals surface area contributed by atoms with E-state index in [2.05, 4.69) is 5.32 Å². The van der Waals surface area contributed by atoms with Crippen molar-refractivity contribution < 1.29 is 13.2 Å². The topological polar surface area (TPSA) is 15.3 Å². The van der Waals surface area contributed by atoms with Crippen LogP contribution in [0.1, 0.15) is 11.6 Å². The van der Waals surface area contributed by atoms with Gasteiger partial charge in [-0.3, -0.25) is 4.90 Å². The van der Waals surface area contributed by atoms with Gasteiger partial charge in [0.1, 0.15) is 18.3 Å². The van der Waals surface area contributed by atoms with E-state index in [4.69, 9.17) is 0 Å². The van der Waals surface area contributed by atoms with E-state index in [1.165, 1.54) is 18.2 Å². The Morgan fingerprint density at radius 1 is 1.17 bits per heavy atom. The highest BCUT2D eigenvalue weighted by atomic mass is 35.5. The summed E-state index contributed by atoms with van der Waals surface area (Å²) in [5, 5.41) is 3.12. The molecule has 102 valence electrons. The molecule has 18 heavy (non-hydrogen) atoms. The molecule has 0 aromatic heterocycles. The van der Waals surface area contributed by atoms with Crippen LogP contribution in [0.2, 0.25) is 0 Å². The second kappa shape index (κ2) is 6.97. The largest absolute Gasteiger partial charge is 0.314 e. The van der Waals surface area contributed by atoms with Gasteiger partial charge in [-0.2, -0.15) is 0 Å². The average Bonchev–Trinajstić information content (AvgIpc) is 2.35. The summed E-state index contributed by atoms with van der Waals surface area (Å²) in [6.45, 7) is 1.85. The molecule has 1 aliphatic heterocycles. The standard InChI is InChI=1S/C12H15F3N2.ClH/c13-8-11(17-6-4-16-5-7-17)12-9(14)2-1-3-10(12)15;/h1-3,11,16H,4-8H2;1H/t11-;/m1./s1. The molecular formula is C12H16ClF3N2. The van der Waals surface area contributed by atoms with Crippen molar-refractivity contribution in [1.29, 1.82) is 0 Å². The lowest BCUT2D eigenvalue weighted by Gasteiger charge is -2.33. The first-order valence-corrected chi connectivity index (χ1v) is 5.68. The van der Waals surface area contributed by atoms with E-state index >= 15 is 0 Å². The van der Waals surface area contributed by atoms with E-state index in [0.29, 0.717) is 26.2 Å². The molecule has 1 heterocycles. The molecule has 0 amide bonds. The minimum atomic E-state index is -0.821. The van der Waals surface area contributed by atoms with Gasteiger partial charge in [-0.25, -0.2) is 13.2 Å². The molecule has 1 fully saturated rings. The van der Waals surface area contributed by atoms with E-state index in [1.807, 2.05) is 0 Å². The number of alkyl halides is 1. The summed E-state index contributed by atoms with van der Waals surface area (Å²) in [7, 11) is 0. The third-order valence-corrected chi connectivity index (χ3v) is 3.07. The molecule has 0 aliphatic carbocycles. The van der Waals surface area contributed by atoms with E-state index in [9.17, 15) is 13.2 Å². The van der Waals surface area contributed by atoms with Gasteiger partial charge in [0, 0.05) is 31.7 Å². The highest BCUT2D eigenvalue weighted by Gasteiger charge is 2.27. The van der Waals surface area contributed by atoms with Crippen molar-refractivity contribution in [3.8, 4) is 0 Å². The van der Waals surface area contributed by atoms with Crippen LogP contribution in [0.3, 0.4) is 0 Å². The zero-order valence-corrected chi connectivity index (χ0v) is 10.7. The lowest BCUT2D eigenvalue weighted by atomic mass is 10.0. The zero-order valence-electron chi connectivity index (χ0n) is 9.83. The summed E-state index contributed by atoms with van der Waals surface area (Å²) >= 11 is 0. The molecule has 1 saturated heterocycles. The maximum Gasteiger partial charge on any atom is 0.131 e. The molecule has 1 aromatic carbocycles. The zero-order chi connectivity index (χ0) is 12.3. The first-order chi connectivity index (χ1) is 8.24. The van der Waals surface area contributed by atoms with Gasteiger partial charge in [0.25, 0.3) is 0 Å². The number of hydrogen-bond acceptors (Lipinski definition) is 2. The van der Waals surface area contributed by atoms with Crippen LogP contribution in [0.15, 0.2) is 18.2 Å². The van der Waals surface area contributed by atoms with E-state index < -0.39 is 24.4 Å². The van der Waals surface area contributed by atoms with Crippen LogP contribution < -0.4 is 5.32 Å². The maximum absolute atomic E-state index is 13.6. The van der Waals surface area contributed by atoms with Crippen LogP contribution >= 0.6 is 12.4 Å². The van der Waals surface area contributed by atoms with Crippen LogP contribution in [0.5, 0.6) is 0 Å². The number of piperazine rings is 1. The number of halogens is 4. The Hall–Kier alpha value is -0.780. The molecule has 0 bridgehead atoms. The van der Waals surface area contributed by atoms with Crippen molar-refractivity contribution >= 4 is 12.4 Å². The van der Waals surface area contributed by atoms with Crippen LogP contribution in [0, 0.1) is 11.6 Å². The van der Waals surface area contributed by atoms with Gasteiger partial charge in [-0.1, -0.05) is 6.07 Å². The summed E-state index contributed by atoms with van der Waals surface area (Å²) < 4.78 is 40.3. The van der Waals surface area contributed by atoms with Crippen molar-refractivity contribution in [2.24, 2.45) is 0 Å². The van der Waals surface area contributed by atoms with Gasteiger partial charge in [0.2, 0.25) is 0 Å². The van der Waals surface area contributed by atoms with E-state index in [-0.39, 0.29) is 18.0 Å². The normalized spacial score (nSPS) is 18.2. The van der Waals surface area contributed by atoms with Crippen molar-refractivity contribution in [3.05, 3.63) is 35.4 Å². The predicted octanol–water partition coefficient (Wildman–Crippen LogP) is 2.30. The molecule has 1 N–H and O–H groups in total. The van der Waals surface area contributed by atoms with Gasteiger partial charge < -0.3 is 5.32 Å². The van der Waals surface area contributed by atoms with Crippen molar-refractivity contribution in [2.45, 2.75) is 6.04 Å². The average molecular weight is 281 g/mol. The fourth-order valence-corrected chi connectivity index (χ4v) is 2.18. The molecule has 1 aromatic rings. The SMILES string of the molecule is Cl.FC[C@H](c1c(F)cccc1F)N1CCNCC1. The van der Waals surface area contributed by atoms with E-state index in [1.54, 1.807) is 4.90 Å². The van der Waals surface area contributed by atoms with Crippen LogP contribution in [-0.4, -0.2) is 37.8 Å². The van der Waals surface area contributed by atoms with Gasteiger partial charge in [0.05, 0.1) is 6.04 Å². The van der Waals surface area contributed by atoms with Gasteiger partial charge in [-0.15, -0.1) is 12.4 Å². The third-order valence-electron chi connectivity index (χ3n) is 3.07. The molecule has 2 nitrogen and oxygen atoms in total. The molecule has 2 rings (SSSR count). The second-order valence-corrected chi connectivity index (χ2v) is 4.09. The minimum absolute atomic E-state index is 0. The van der Waals surface area contributed by atoms with Crippen LogP contribution in [-0.2, 0) is 0 Å². The molecule has 1 aliphatic rings. The highest BCUT2D eigenvalue weighted by molar-refractivity contribution is 5.85. The summed E-state index contributed by atoms with van der Waals surface area (Å²) in [4.78, 5) is 1.78. The molecule has 0 unspecified atom stereocenters. The second-order valence-electron chi connectivity index (χ2n) is 4.09. The Bertz CT molecular complexity index is 363. The number of nitrogens with zero attached hydrogens (tertiary/aromatic N) is 1. The smallest absolute Gasteiger partial charge is 0.131 e. The van der Waals surface area contributed by atoms with Crippen molar-refractivity contribution in [1.82, 2.24) is 10.2 Å². The molecule has 6 heteroatoms. The molecular weight excluding hydrogens is 265 g/mol. The summed E-state index contributed by atoms with van der Waals surface area (Å²) in [6.07, 6.45) is 0. The quantitative estimate of drug-likeness (QED) is 0.914. The van der Waals surface area contributed by atoms with Crippen LogP contribution in [0.4, 0.5) is 13.2 Å². The number of nitrogens with one attached hydrogen (secondary N) is 1. The van der Waals surface area contributed by atoms with Gasteiger partial charge in [-0.05, 0) is 12.1 Å². The van der Waals surface area contributed by atoms with E-state index in [0.717, 1.165) is 0 Å². The highest BCUT2D eigenvalue weighted by Crippen LogP contribution is 2.26. The van der Waals surface area contributed by atoms with Gasteiger partial charge in [0.15, 0.2) is 0 Å².